The highest BCUT2D eigenvalue weighted by Crippen LogP contribution is 2.40. The van der Waals surface area contributed by atoms with E-state index in [0.29, 0.717) is 25.9 Å². The molecule has 1 aromatic carbocycles. The van der Waals surface area contributed by atoms with Crippen LogP contribution in [-0.4, -0.2) is 65.8 Å². The normalized spacial score (nSPS) is 25.1. The van der Waals surface area contributed by atoms with E-state index in [1.54, 1.807) is 23.1 Å². The lowest BCUT2D eigenvalue weighted by atomic mass is 9.96. The summed E-state index contributed by atoms with van der Waals surface area (Å²) in [6, 6.07) is 6.34. The molecule has 3 heterocycles. The van der Waals surface area contributed by atoms with Crippen LogP contribution in [0.5, 0.6) is 0 Å². The molecule has 0 aromatic heterocycles. The Kier molecular flexibility index (Phi) is 5.09. The molecule has 28 heavy (non-hydrogen) atoms. The third kappa shape index (κ3) is 3.49. The molecule has 7 heteroatoms. The quantitative estimate of drug-likeness (QED) is 0.814. The summed E-state index contributed by atoms with van der Waals surface area (Å²) in [6.07, 6.45) is 7.57. The van der Waals surface area contributed by atoms with Crippen LogP contribution in [0.25, 0.3) is 5.70 Å². The molecule has 1 amide bonds. The zero-order chi connectivity index (χ0) is 19.7. The Morgan fingerprint density at radius 2 is 1.96 bits per heavy atom. The van der Waals surface area contributed by atoms with E-state index in [9.17, 15) is 14.3 Å². The van der Waals surface area contributed by atoms with Crippen molar-refractivity contribution in [2.24, 2.45) is 15.9 Å². The van der Waals surface area contributed by atoms with Crippen LogP contribution in [0.3, 0.4) is 0 Å². The maximum Gasteiger partial charge on any atom is 0.246 e. The summed E-state index contributed by atoms with van der Waals surface area (Å²) < 4.78 is 13.4. The van der Waals surface area contributed by atoms with E-state index in [2.05, 4.69) is 9.98 Å². The van der Waals surface area contributed by atoms with Gasteiger partial charge in [-0.3, -0.25) is 4.79 Å². The van der Waals surface area contributed by atoms with Gasteiger partial charge in [0, 0.05) is 38.1 Å². The van der Waals surface area contributed by atoms with Crippen molar-refractivity contribution in [1.29, 1.82) is 0 Å². The van der Waals surface area contributed by atoms with Gasteiger partial charge in [0.2, 0.25) is 5.91 Å². The summed E-state index contributed by atoms with van der Waals surface area (Å²) in [6.45, 7) is 1.12. The van der Waals surface area contributed by atoms with Crippen LogP contribution in [0.15, 0.2) is 52.0 Å². The number of hydrogen-bond acceptors (Lipinski definition) is 5. The standard InChI is InChI=1S/C21H23FN4O2/c1-25-20(14-2-4-15(22)5-3-14)17(18-12-23-13-24-21(18)25)6-7-19(28)26-10-8-16(27)9-11-26/h2-7,12-13,16,18,21,27H,8-11H2,1H3/b7-6+. The number of allylic oxidation sites excluding steroid dienone is 1. The number of rotatable bonds is 3. The number of benzene rings is 1. The third-order valence-electron chi connectivity index (χ3n) is 5.54. The average molecular weight is 382 g/mol. The van der Waals surface area contributed by atoms with Crippen molar-refractivity contribution < 1.29 is 14.3 Å². The van der Waals surface area contributed by atoms with Crippen LogP contribution in [0.4, 0.5) is 4.39 Å². The van der Waals surface area contributed by atoms with Gasteiger partial charge in [-0.05, 0) is 48.2 Å². The first kappa shape index (κ1) is 18.6. The van der Waals surface area contributed by atoms with E-state index in [1.165, 1.54) is 18.5 Å². The van der Waals surface area contributed by atoms with Gasteiger partial charge in [-0.25, -0.2) is 14.4 Å². The zero-order valence-corrected chi connectivity index (χ0v) is 15.7. The molecule has 2 unspecified atom stereocenters. The summed E-state index contributed by atoms with van der Waals surface area (Å²) in [7, 11) is 1.95. The number of fused-ring (bicyclic) bond motifs is 1. The van der Waals surface area contributed by atoms with Crippen LogP contribution >= 0.6 is 0 Å². The molecule has 1 saturated heterocycles. The number of nitrogens with zero attached hydrogens (tertiary/aromatic N) is 4. The summed E-state index contributed by atoms with van der Waals surface area (Å²) in [5, 5.41) is 9.63. The molecule has 6 nitrogen and oxygen atoms in total. The van der Waals surface area contributed by atoms with E-state index in [-0.39, 0.29) is 29.9 Å². The fraction of sp³-hybridized carbons (Fsp3) is 0.381. The fourth-order valence-electron chi connectivity index (χ4n) is 4.00. The molecule has 146 valence electrons. The Labute approximate surface area is 163 Å². The molecule has 4 rings (SSSR count). The van der Waals surface area contributed by atoms with Gasteiger partial charge in [0.1, 0.15) is 18.3 Å². The molecular weight excluding hydrogens is 359 g/mol. The lowest BCUT2D eigenvalue weighted by molar-refractivity contribution is -0.127. The van der Waals surface area contributed by atoms with Gasteiger partial charge in [-0.15, -0.1) is 0 Å². The minimum Gasteiger partial charge on any atom is -0.393 e. The van der Waals surface area contributed by atoms with E-state index in [4.69, 9.17) is 0 Å². The van der Waals surface area contributed by atoms with Crippen LogP contribution in [0.1, 0.15) is 18.4 Å². The first-order chi connectivity index (χ1) is 13.5. The molecule has 0 bridgehead atoms. The second-order valence-corrected chi connectivity index (χ2v) is 7.31. The summed E-state index contributed by atoms with van der Waals surface area (Å²) in [5.41, 5.74) is 2.72. The molecule has 1 aromatic rings. The molecule has 3 aliphatic heterocycles. The Balaban J connectivity index is 1.65. The van der Waals surface area contributed by atoms with Gasteiger partial charge < -0.3 is 14.9 Å². The Morgan fingerprint density at radius 1 is 1.25 bits per heavy atom. The number of piperidine rings is 1. The van der Waals surface area contributed by atoms with Gasteiger partial charge in [0.05, 0.1) is 12.0 Å². The average Bonchev–Trinajstić information content (AvgIpc) is 2.99. The third-order valence-corrected chi connectivity index (χ3v) is 5.54. The van der Waals surface area contributed by atoms with Gasteiger partial charge in [-0.1, -0.05) is 6.08 Å². The summed E-state index contributed by atoms with van der Waals surface area (Å²) in [5.74, 6) is -0.427. The number of carbonyl (C=O) groups excluding carboxylic acids is 1. The number of hydrogen-bond donors (Lipinski definition) is 1. The second-order valence-electron chi connectivity index (χ2n) is 7.31. The highest BCUT2D eigenvalue weighted by Gasteiger charge is 2.38. The van der Waals surface area contributed by atoms with Gasteiger partial charge in [-0.2, -0.15) is 0 Å². The van der Waals surface area contributed by atoms with E-state index in [1.807, 2.05) is 24.2 Å². The topological polar surface area (TPSA) is 68.5 Å². The highest BCUT2D eigenvalue weighted by atomic mass is 19.1. The number of carbonyl (C=O) groups is 1. The number of amides is 1. The molecular formula is C21H23FN4O2. The Bertz CT molecular complexity index is 867. The van der Waals surface area contributed by atoms with Crippen LogP contribution < -0.4 is 0 Å². The van der Waals surface area contributed by atoms with Crippen molar-refractivity contribution in [2.45, 2.75) is 25.1 Å². The lowest BCUT2D eigenvalue weighted by Crippen LogP contribution is -2.39. The van der Waals surface area contributed by atoms with Crippen molar-refractivity contribution in [1.82, 2.24) is 9.80 Å². The maximum absolute atomic E-state index is 13.4. The maximum atomic E-state index is 13.4. The smallest absolute Gasteiger partial charge is 0.246 e. The Hall–Kier alpha value is -2.80. The summed E-state index contributed by atoms with van der Waals surface area (Å²) in [4.78, 5) is 25.0. The first-order valence-corrected chi connectivity index (χ1v) is 9.47. The predicted octanol–water partition coefficient (Wildman–Crippen LogP) is 2.08. The van der Waals surface area contributed by atoms with Gasteiger partial charge in [0.25, 0.3) is 0 Å². The van der Waals surface area contributed by atoms with Crippen LogP contribution in [-0.2, 0) is 4.79 Å². The molecule has 2 atom stereocenters. The minimum absolute atomic E-state index is 0.0673. The van der Waals surface area contributed by atoms with E-state index < -0.39 is 0 Å². The molecule has 1 fully saturated rings. The monoisotopic (exact) mass is 382 g/mol. The molecule has 0 saturated carbocycles. The van der Waals surface area contributed by atoms with Gasteiger partial charge in [0.15, 0.2) is 0 Å². The van der Waals surface area contributed by atoms with Crippen molar-refractivity contribution in [3.63, 3.8) is 0 Å². The number of likely N-dealkylation sites (tertiary alicyclic amines) is 1. The van der Waals surface area contributed by atoms with Crippen molar-refractivity contribution in [2.75, 3.05) is 20.1 Å². The lowest BCUT2D eigenvalue weighted by Gasteiger charge is -2.28. The second kappa shape index (κ2) is 7.67. The number of aliphatic imine (C=N–C) groups is 2. The van der Waals surface area contributed by atoms with E-state index >= 15 is 0 Å². The van der Waals surface area contributed by atoms with Crippen LogP contribution in [0, 0.1) is 11.7 Å². The molecule has 3 aliphatic rings. The van der Waals surface area contributed by atoms with E-state index in [0.717, 1.165) is 16.8 Å². The van der Waals surface area contributed by atoms with Crippen LogP contribution in [0.2, 0.25) is 0 Å². The largest absolute Gasteiger partial charge is 0.393 e. The molecule has 1 N–H and O–H groups in total. The number of aliphatic hydroxyl groups excluding tert-OH is 1. The summed E-state index contributed by atoms with van der Waals surface area (Å²) >= 11 is 0. The first-order valence-electron chi connectivity index (χ1n) is 9.47. The SMILES string of the molecule is CN1C(c2ccc(F)cc2)=C(/C=C/C(=O)N2CCC(O)CC2)C2C=NC=NC21. The molecule has 0 radical (unpaired) electrons. The van der Waals surface area contributed by atoms with Crippen molar-refractivity contribution in [3.8, 4) is 0 Å². The van der Waals surface area contributed by atoms with Crippen molar-refractivity contribution >= 4 is 24.2 Å². The molecule has 0 spiro atoms. The van der Waals surface area contributed by atoms with Crippen molar-refractivity contribution in [3.05, 3.63) is 53.4 Å². The predicted molar refractivity (Wildman–Crippen MR) is 106 cm³/mol. The minimum atomic E-state index is -0.318. The fourth-order valence-corrected chi connectivity index (χ4v) is 4.00. The van der Waals surface area contributed by atoms with Gasteiger partial charge >= 0.3 is 0 Å². The zero-order valence-electron chi connectivity index (χ0n) is 15.7. The number of halogens is 1. The molecule has 0 aliphatic carbocycles. The number of aliphatic hydroxyl groups is 1. The highest BCUT2D eigenvalue weighted by molar-refractivity contribution is 5.91. The Morgan fingerprint density at radius 3 is 2.68 bits per heavy atom.